The Morgan fingerprint density at radius 2 is 0.916 bits per heavy atom. The van der Waals surface area contributed by atoms with Gasteiger partial charge in [0, 0.05) is 27.0 Å². The molecular weight excluding hydrogens is 1140 g/mol. The van der Waals surface area contributed by atoms with Crippen molar-refractivity contribution in [3.63, 3.8) is 0 Å². The molecule has 2 aliphatic rings. The normalized spacial score (nSPS) is 14.0. The Kier molecular flexibility index (Phi) is 20.8. The van der Waals surface area contributed by atoms with Crippen LogP contribution in [0.15, 0.2) is 97.1 Å². The Morgan fingerprint density at radius 1 is 0.554 bits per heavy atom. The number of ketones is 2. The highest BCUT2D eigenvalue weighted by molar-refractivity contribution is 6.30. The number of carbonyl (C=O) groups excluding carboxylic acids is 3. The quantitative estimate of drug-likeness (QED) is 0.0234. The number of nitrogens with one attached hydrogen (secondary N) is 5. The van der Waals surface area contributed by atoms with Crippen LogP contribution >= 0.6 is 23.2 Å². The molecule has 21 nitrogen and oxygen atoms in total. The maximum atomic E-state index is 12.8. The molecule has 8 rings (SSSR count). The Hall–Kier alpha value is -7.98. The lowest BCUT2D eigenvalue weighted by Gasteiger charge is -2.22. The molecule has 0 saturated heterocycles. The summed E-state index contributed by atoms with van der Waals surface area (Å²) in [5.74, 6) is -1.57. The molecule has 0 radical (unpaired) electrons. The van der Waals surface area contributed by atoms with Gasteiger partial charge in [-0.1, -0.05) is 47.5 Å². The summed E-state index contributed by atoms with van der Waals surface area (Å²) in [6, 6.07) is 25.3. The number of ether oxygens (including phenoxy) is 2. The number of Topliss-reactive ketones (excluding diaryl/α,β-unsaturated/α-hetero) is 2. The van der Waals surface area contributed by atoms with E-state index in [4.69, 9.17) is 43.5 Å². The van der Waals surface area contributed by atoms with Gasteiger partial charge >= 0.3 is 30.3 Å². The summed E-state index contributed by atoms with van der Waals surface area (Å²) in [4.78, 5) is 70.7. The first-order valence-corrected chi connectivity index (χ1v) is 26.1. The van der Waals surface area contributed by atoms with Gasteiger partial charge < -0.3 is 55.9 Å². The topological polar surface area (TPSA) is 270 Å². The molecule has 83 heavy (non-hydrogen) atoms. The van der Waals surface area contributed by atoms with Crippen molar-refractivity contribution in [1.82, 2.24) is 35.2 Å². The fraction of sp³-hybridized carbons (Fsp3) is 0.370. The number of quaternary nitrogens is 2. The SMILES string of the molecule is C[N+](C)(C)CC(=O)CN.C[N+](C)(C)CC(=O)CNC(=O)c1ccc(Nc2nc(NC3(c4ccc(Cl)cc4)CC3)nc(OCC(F)(F)F)n2)cc1.O=C(O)c1ccc(Nc2nc(NC3(c4ccc(Cl)cc4)CC3)nc(OCC(F)(F)F)n2)cc1. The first-order valence-electron chi connectivity index (χ1n) is 25.4. The van der Waals surface area contributed by atoms with Crippen LogP contribution in [-0.4, -0.2) is 161 Å². The van der Waals surface area contributed by atoms with Crippen molar-refractivity contribution in [1.29, 1.82) is 0 Å². The molecule has 0 aliphatic heterocycles. The highest BCUT2D eigenvalue weighted by atomic mass is 35.5. The summed E-state index contributed by atoms with van der Waals surface area (Å²) in [7, 11) is 11.5. The van der Waals surface area contributed by atoms with E-state index < -0.39 is 60.5 Å². The van der Waals surface area contributed by atoms with Crippen LogP contribution < -0.4 is 41.8 Å². The van der Waals surface area contributed by atoms with Gasteiger partial charge in [-0.25, -0.2) is 4.79 Å². The largest absolute Gasteiger partial charge is 0.478 e. The van der Waals surface area contributed by atoms with Crippen LogP contribution in [-0.2, 0) is 20.7 Å². The third kappa shape index (κ3) is 21.7. The van der Waals surface area contributed by atoms with E-state index in [1.807, 2.05) is 66.6 Å². The number of hydrogen-bond donors (Lipinski definition) is 7. The van der Waals surface area contributed by atoms with Gasteiger partial charge in [0.1, 0.15) is 13.1 Å². The molecule has 2 heterocycles. The number of rotatable bonds is 23. The van der Waals surface area contributed by atoms with E-state index in [-0.39, 0.29) is 60.6 Å². The fourth-order valence-corrected chi connectivity index (χ4v) is 7.92. The predicted octanol–water partition coefficient (Wildman–Crippen LogP) is 8.55. The summed E-state index contributed by atoms with van der Waals surface area (Å²) in [5, 5.41) is 24.9. The van der Waals surface area contributed by atoms with Gasteiger partial charge in [-0.2, -0.15) is 56.2 Å². The number of carboxylic acid groups (broad SMARTS) is 1. The number of alkyl halides is 6. The number of nitrogens with zero attached hydrogens (tertiary/aromatic N) is 8. The summed E-state index contributed by atoms with van der Waals surface area (Å²) < 4.78 is 87.0. The zero-order valence-corrected chi connectivity index (χ0v) is 47.4. The molecule has 2 fully saturated rings. The van der Waals surface area contributed by atoms with Crippen LogP contribution in [0.4, 0.5) is 61.5 Å². The molecule has 2 aliphatic carbocycles. The minimum Gasteiger partial charge on any atom is -0.478 e. The zero-order valence-electron chi connectivity index (χ0n) is 45.9. The first kappa shape index (κ1) is 64.2. The summed E-state index contributed by atoms with van der Waals surface area (Å²) in [6.45, 7) is -2.26. The van der Waals surface area contributed by atoms with Crippen molar-refractivity contribution >= 4 is 81.8 Å². The third-order valence-electron chi connectivity index (χ3n) is 11.7. The monoisotopic (exact) mass is 1200 g/mol. The van der Waals surface area contributed by atoms with E-state index in [0.717, 1.165) is 36.8 Å². The fourth-order valence-electron chi connectivity index (χ4n) is 7.66. The van der Waals surface area contributed by atoms with E-state index in [9.17, 15) is 45.5 Å². The standard InChI is InChI=1S/C27H29ClF3N7O3.C21H17ClF3N5O3.C6H15N2O/c1-38(2,3)15-21(39)14-32-22(40)17-4-10-20(11-5-17)33-23-34-24(36-25(35-23)41-16-27(29,30)31)37-26(12-13-26)18-6-8-19(28)9-7-18;22-14-5-3-13(4-6-14)20(9-10-20)30-18-27-17(28-19(29-18)33-11-21(23,24)25)26-15-7-1-12(2-8-15)16(31)32;1-8(2,3)5-6(9)4-7/h4-11H,12-16H2,1-3H3,(H2-,32,33,34,35,36,37,40);1-8H,9-11H2,(H,31,32)(H2,26,27,28,29,30);4-5,7H2,1-3H3/q;;+1/p+1. The highest BCUT2D eigenvalue weighted by Gasteiger charge is 2.46. The Bertz CT molecular complexity index is 3200. The molecule has 6 aromatic rings. The number of benzene rings is 4. The van der Waals surface area contributed by atoms with Crippen molar-refractivity contribution in [2.24, 2.45) is 5.73 Å². The Morgan fingerprint density at radius 3 is 1.24 bits per heavy atom. The van der Waals surface area contributed by atoms with Gasteiger partial charge in [-0.3, -0.25) is 14.4 Å². The molecule has 2 aromatic heterocycles. The Balaban J connectivity index is 0.000000236. The van der Waals surface area contributed by atoms with Crippen LogP contribution in [0.25, 0.3) is 0 Å². The molecule has 4 aromatic carbocycles. The number of aromatic nitrogens is 6. The van der Waals surface area contributed by atoms with Crippen LogP contribution in [0.2, 0.25) is 10.0 Å². The van der Waals surface area contributed by atoms with Crippen molar-refractivity contribution in [3.8, 4) is 12.0 Å². The molecule has 0 bridgehead atoms. The maximum Gasteiger partial charge on any atom is 0.422 e. The van der Waals surface area contributed by atoms with Crippen molar-refractivity contribution in [2.75, 3.05) is 103 Å². The molecule has 2 saturated carbocycles. The van der Waals surface area contributed by atoms with Gasteiger partial charge in [0.05, 0.1) is 72.0 Å². The molecule has 1 amide bonds. The number of aromatic carboxylic acids is 1. The lowest BCUT2D eigenvalue weighted by atomic mass is 10.1. The van der Waals surface area contributed by atoms with E-state index in [1.54, 1.807) is 36.4 Å². The molecule has 0 atom stereocenters. The summed E-state index contributed by atoms with van der Waals surface area (Å²) >= 11 is 12.0. The van der Waals surface area contributed by atoms with Gasteiger partial charge in [0.2, 0.25) is 29.6 Å². The minimum atomic E-state index is -4.58. The van der Waals surface area contributed by atoms with Gasteiger partial charge in [-0.05, 0) is 110 Å². The molecule has 29 heteroatoms. The number of nitrogens with two attached hydrogens (primary N) is 1. The van der Waals surface area contributed by atoms with Crippen LogP contribution in [0.3, 0.4) is 0 Å². The van der Waals surface area contributed by atoms with Gasteiger partial charge in [0.25, 0.3) is 5.91 Å². The number of hydrogen-bond acceptors (Lipinski definition) is 17. The average molecular weight is 1200 g/mol. The van der Waals surface area contributed by atoms with E-state index in [0.29, 0.717) is 42.5 Å². The highest BCUT2D eigenvalue weighted by Crippen LogP contribution is 2.49. The number of carbonyl (C=O) groups is 4. The first-order chi connectivity index (χ1) is 38.8. The van der Waals surface area contributed by atoms with Crippen LogP contribution in [0.1, 0.15) is 57.5 Å². The summed E-state index contributed by atoms with van der Waals surface area (Å²) in [6.07, 6.45) is -6.11. The van der Waals surface area contributed by atoms with Crippen molar-refractivity contribution < 1.29 is 69.1 Å². The van der Waals surface area contributed by atoms with E-state index in [2.05, 4.69) is 56.5 Å². The lowest BCUT2D eigenvalue weighted by Crippen LogP contribution is -2.43. The van der Waals surface area contributed by atoms with Gasteiger partial charge in [-0.15, -0.1) is 0 Å². The van der Waals surface area contributed by atoms with Crippen LogP contribution in [0.5, 0.6) is 12.0 Å². The molecule has 0 unspecified atom stereocenters. The Labute approximate surface area is 483 Å². The second-order valence-electron chi connectivity index (χ2n) is 21.3. The maximum absolute atomic E-state index is 12.8. The van der Waals surface area contributed by atoms with Gasteiger partial charge in [0.15, 0.2) is 19.0 Å². The third-order valence-corrected chi connectivity index (χ3v) is 12.2. The second-order valence-corrected chi connectivity index (χ2v) is 22.2. The zero-order chi connectivity index (χ0) is 61.0. The minimum absolute atomic E-state index is 0.0271. The number of anilines is 6. The molecule has 0 spiro atoms. The predicted molar refractivity (Wildman–Crippen MR) is 298 cm³/mol. The second kappa shape index (κ2) is 26.9. The molecule has 444 valence electrons. The van der Waals surface area contributed by atoms with E-state index in [1.165, 1.54) is 36.4 Å². The number of halogens is 8. The summed E-state index contributed by atoms with van der Waals surface area (Å²) in [5.41, 5.74) is 7.30. The number of likely N-dealkylation sites (N-methyl/N-ethyl adjacent to an activating group) is 2. The number of carboxylic acids is 1. The number of amides is 1. The average Bonchev–Trinajstić information content (AvgIpc) is 4.09. The molecule has 8 N–H and O–H groups in total. The van der Waals surface area contributed by atoms with E-state index >= 15 is 0 Å². The smallest absolute Gasteiger partial charge is 0.422 e. The van der Waals surface area contributed by atoms with Crippen molar-refractivity contribution in [3.05, 3.63) is 129 Å². The lowest BCUT2D eigenvalue weighted by molar-refractivity contribution is -0.862. The molecular formula is C54H62Cl2F6N14O7+2. The van der Waals surface area contributed by atoms with Crippen LogP contribution in [0, 0.1) is 0 Å². The van der Waals surface area contributed by atoms with Crippen molar-refractivity contribution in [2.45, 2.75) is 49.1 Å².